The molecular formula is C13H34O4Si4. The Kier molecular flexibility index (Phi) is 5.93. The van der Waals surface area contributed by atoms with E-state index in [1.807, 2.05) is 0 Å². The summed E-state index contributed by atoms with van der Waals surface area (Å²) in [5.41, 5.74) is 0.0338. The summed E-state index contributed by atoms with van der Waals surface area (Å²) >= 11 is 0. The van der Waals surface area contributed by atoms with Crippen LogP contribution in [-0.4, -0.2) is 59.0 Å². The van der Waals surface area contributed by atoms with E-state index in [1.54, 1.807) is 21.3 Å². The quantitative estimate of drug-likeness (QED) is 0.701. The number of hydrogen-bond acceptors (Lipinski definition) is 4. The van der Waals surface area contributed by atoms with Gasteiger partial charge in [-0.3, -0.25) is 0 Å². The third kappa shape index (κ3) is 3.79. The Bertz CT molecular complexity index is 341. The largest absolute Gasteiger partial charge is 0.499 e. The summed E-state index contributed by atoms with van der Waals surface area (Å²) in [6.45, 7) is 16.8. The fourth-order valence-electron chi connectivity index (χ4n) is 5.25. The minimum Gasteiger partial charge on any atom is -0.416 e. The summed E-state index contributed by atoms with van der Waals surface area (Å²) < 4.78 is 24.1. The molecular weight excluding hydrogens is 332 g/mol. The second-order valence-electron chi connectivity index (χ2n) is 8.11. The van der Waals surface area contributed by atoms with Gasteiger partial charge in [-0.2, -0.15) is 0 Å². The molecule has 0 radical (unpaired) electrons. The van der Waals surface area contributed by atoms with Crippen molar-refractivity contribution < 1.29 is 17.7 Å². The van der Waals surface area contributed by atoms with Crippen LogP contribution >= 0.6 is 0 Å². The van der Waals surface area contributed by atoms with Gasteiger partial charge in [0.25, 0.3) is 0 Å². The molecule has 0 aromatic heterocycles. The first-order valence-electron chi connectivity index (χ1n) is 7.73. The molecule has 1 aliphatic rings. The smallest absolute Gasteiger partial charge is 0.416 e. The van der Waals surface area contributed by atoms with Crippen molar-refractivity contribution in [3.63, 3.8) is 0 Å². The van der Waals surface area contributed by atoms with E-state index in [2.05, 4.69) is 47.0 Å². The first-order valence-corrected chi connectivity index (χ1v) is 19.9. The summed E-state index contributed by atoms with van der Waals surface area (Å²) in [5.74, 6) is 0. The Balaban J connectivity index is 3.25. The highest BCUT2D eigenvalue weighted by Gasteiger charge is 2.62. The SMILES string of the molecule is CO[Si](OC)(OC)C(C)[SiH]1[Si](C)(C)CC(C)(C)O[Si]1(C)C. The van der Waals surface area contributed by atoms with Crippen molar-refractivity contribution in [1.29, 1.82) is 0 Å². The van der Waals surface area contributed by atoms with Crippen LogP contribution < -0.4 is 0 Å². The van der Waals surface area contributed by atoms with Crippen LogP contribution in [0.5, 0.6) is 0 Å². The van der Waals surface area contributed by atoms with Crippen molar-refractivity contribution >= 4 is 32.1 Å². The standard InChI is InChI=1S/C13H34O4Si4/c1-12(21(14-4,15-5)16-6)18-19(7,8)11-13(2,3)17-20(18,9)10/h12,18H,11H2,1-10H3. The van der Waals surface area contributed by atoms with E-state index < -0.39 is 32.1 Å². The topological polar surface area (TPSA) is 36.9 Å². The Morgan fingerprint density at radius 1 is 1.05 bits per heavy atom. The van der Waals surface area contributed by atoms with Crippen LogP contribution in [0.25, 0.3) is 0 Å². The van der Waals surface area contributed by atoms with Gasteiger partial charge < -0.3 is 17.7 Å². The molecule has 126 valence electrons. The second-order valence-corrected chi connectivity index (χ2v) is 36.1. The van der Waals surface area contributed by atoms with E-state index in [4.69, 9.17) is 17.7 Å². The van der Waals surface area contributed by atoms with Gasteiger partial charge in [0.2, 0.25) is 0 Å². The monoisotopic (exact) mass is 366 g/mol. The van der Waals surface area contributed by atoms with Crippen LogP contribution in [0.2, 0.25) is 37.4 Å². The maximum Gasteiger partial charge on any atom is 0.499 e. The first-order chi connectivity index (χ1) is 9.37. The Hall–Kier alpha value is 0.708. The molecule has 0 saturated carbocycles. The maximum atomic E-state index is 6.65. The van der Waals surface area contributed by atoms with Crippen molar-refractivity contribution in [2.75, 3.05) is 21.3 Å². The van der Waals surface area contributed by atoms with Crippen LogP contribution in [-0.2, 0) is 17.7 Å². The molecule has 0 aliphatic carbocycles. The molecule has 1 saturated heterocycles. The van der Waals surface area contributed by atoms with Crippen molar-refractivity contribution in [2.24, 2.45) is 0 Å². The Morgan fingerprint density at radius 2 is 1.48 bits per heavy atom. The van der Waals surface area contributed by atoms with Crippen LogP contribution in [0.3, 0.4) is 0 Å². The zero-order valence-corrected chi connectivity index (χ0v) is 19.6. The van der Waals surface area contributed by atoms with E-state index in [0.29, 0.717) is 5.16 Å². The lowest BCUT2D eigenvalue weighted by Crippen LogP contribution is -2.75. The van der Waals surface area contributed by atoms with Gasteiger partial charge in [-0.25, -0.2) is 0 Å². The fraction of sp³-hybridized carbons (Fsp3) is 1.00. The van der Waals surface area contributed by atoms with Gasteiger partial charge in [0.1, 0.15) is 0 Å². The molecule has 21 heavy (non-hydrogen) atoms. The van der Waals surface area contributed by atoms with E-state index in [1.165, 1.54) is 6.04 Å². The molecule has 4 nitrogen and oxygen atoms in total. The summed E-state index contributed by atoms with van der Waals surface area (Å²) in [4.78, 5) is 0. The zero-order valence-electron chi connectivity index (χ0n) is 15.5. The Morgan fingerprint density at radius 3 is 1.81 bits per heavy atom. The molecule has 0 spiro atoms. The molecule has 0 aromatic rings. The highest BCUT2D eigenvalue weighted by atomic mass is 29.6. The second kappa shape index (κ2) is 6.31. The lowest BCUT2D eigenvalue weighted by molar-refractivity contribution is 0.116. The molecule has 1 heterocycles. The van der Waals surface area contributed by atoms with E-state index in [9.17, 15) is 0 Å². The normalized spacial score (nSPS) is 29.1. The fourth-order valence-corrected chi connectivity index (χ4v) is 64.9. The molecule has 1 fully saturated rings. The van der Waals surface area contributed by atoms with Gasteiger partial charge in [0.15, 0.2) is 7.83 Å². The van der Waals surface area contributed by atoms with E-state index in [-0.39, 0.29) is 5.60 Å². The summed E-state index contributed by atoms with van der Waals surface area (Å²) in [6.07, 6.45) is 0. The third-order valence-electron chi connectivity index (χ3n) is 4.92. The predicted octanol–water partition coefficient (Wildman–Crippen LogP) is 2.90. The third-order valence-corrected chi connectivity index (χ3v) is 45.8. The van der Waals surface area contributed by atoms with Crippen LogP contribution in [0.1, 0.15) is 20.8 Å². The summed E-state index contributed by atoms with van der Waals surface area (Å²) in [7, 11) is -1.59. The molecule has 2 atom stereocenters. The van der Waals surface area contributed by atoms with Gasteiger partial charge in [0, 0.05) is 39.7 Å². The van der Waals surface area contributed by atoms with E-state index >= 15 is 0 Å². The van der Waals surface area contributed by atoms with Crippen LogP contribution in [0.15, 0.2) is 0 Å². The maximum absolute atomic E-state index is 6.65. The van der Waals surface area contributed by atoms with Crippen LogP contribution in [0.4, 0.5) is 0 Å². The van der Waals surface area contributed by atoms with E-state index in [0.717, 1.165) is 0 Å². The number of rotatable bonds is 5. The van der Waals surface area contributed by atoms with Gasteiger partial charge in [-0.15, -0.1) is 0 Å². The molecule has 1 rings (SSSR count). The molecule has 0 bridgehead atoms. The average molecular weight is 367 g/mol. The Labute approximate surface area is 135 Å². The van der Waals surface area contributed by atoms with Crippen molar-refractivity contribution in [2.45, 2.75) is 63.8 Å². The summed E-state index contributed by atoms with van der Waals surface area (Å²) in [6, 6.07) is 1.24. The molecule has 0 aromatic carbocycles. The molecule has 1 aliphatic heterocycles. The molecule has 0 amide bonds. The lowest BCUT2D eigenvalue weighted by atomic mass is 10.2. The van der Waals surface area contributed by atoms with Gasteiger partial charge in [-0.1, -0.05) is 20.0 Å². The van der Waals surface area contributed by atoms with Crippen molar-refractivity contribution in [3.05, 3.63) is 0 Å². The molecule has 8 heteroatoms. The minimum atomic E-state index is -2.58. The van der Waals surface area contributed by atoms with Gasteiger partial charge in [0.05, 0.1) is 7.83 Å². The highest BCUT2D eigenvalue weighted by Crippen LogP contribution is 2.44. The van der Waals surface area contributed by atoms with Crippen molar-refractivity contribution in [1.82, 2.24) is 0 Å². The number of hydrogen-bond donors (Lipinski definition) is 0. The highest BCUT2D eigenvalue weighted by molar-refractivity contribution is 7.61. The lowest BCUT2D eigenvalue weighted by Gasteiger charge is -2.55. The van der Waals surface area contributed by atoms with Gasteiger partial charge in [-0.05, 0) is 33.0 Å². The average Bonchev–Trinajstić information content (AvgIpc) is 2.26. The van der Waals surface area contributed by atoms with Gasteiger partial charge >= 0.3 is 8.80 Å². The summed E-state index contributed by atoms with van der Waals surface area (Å²) in [5, 5.41) is 0.414. The van der Waals surface area contributed by atoms with Crippen LogP contribution in [0, 0.1) is 0 Å². The molecule has 2 unspecified atom stereocenters. The minimum absolute atomic E-state index is 0.0338. The first kappa shape index (κ1) is 19.8. The molecule has 0 N–H and O–H groups in total. The zero-order chi connectivity index (χ0) is 16.7. The predicted molar refractivity (Wildman–Crippen MR) is 98.3 cm³/mol. The van der Waals surface area contributed by atoms with Crippen molar-refractivity contribution in [3.8, 4) is 0 Å².